The molecule has 6 nitrogen and oxygen atoms in total. The Morgan fingerprint density at radius 2 is 1.83 bits per heavy atom. The van der Waals surface area contributed by atoms with Crippen LogP contribution in [-0.2, 0) is 10.4 Å². The van der Waals surface area contributed by atoms with E-state index in [1.807, 2.05) is 17.0 Å². The Kier molecular flexibility index (Phi) is 5.48. The Hall–Kier alpha value is -1.50. The maximum absolute atomic E-state index is 12.5. The third-order valence-corrected chi connectivity index (χ3v) is 5.41. The number of likely N-dealkylation sites (tertiary alicyclic amines) is 1. The molecule has 0 aromatic carbocycles. The Balaban J connectivity index is 1.49. The van der Waals surface area contributed by atoms with Gasteiger partial charge < -0.3 is 14.9 Å². The molecule has 2 aliphatic heterocycles. The van der Waals surface area contributed by atoms with Crippen LogP contribution in [0.25, 0.3) is 0 Å². The van der Waals surface area contributed by atoms with Gasteiger partial charge in [0, 0.05) is 57.2 Å². The summed E-state index contributed by atoms with van der Waals surface area (Å²) in [6.07, 6.45) is 4.59. The number of aromatic nitrogens is 1. The van der Waals surface area contributed by atoms with Crippen molar-refractivity contribution in [2.45, 2.75) is 25.4 Å². The van der Waals surface area contributed by atoms with Gasteiger partial charge in [-0.05, 0) is 25.5 Å². The van der Waals surface area contributed by atoms with Crippen LogP contribution in [0.1, 0.15) is 25.3 Å². The van der Waals surface area contributed by atoms with Crippen molar-refractivity contribution in [3.63, 3.8) is 0 Å². The van der Waals surface area contributed by atoms with E-state index in [0.29, 0.717) is 32.5 Å². The van der Waals surface area contributed by atoms with Crippen LogP contribution in [0.3, 0.4) is 0 Å². The quantitative estimate of drug-likeness (QED) is 0.872. The molecule has 0 aliphatic carbocycles. The molecule has 2 aliphatic rings. The zero-order valence-electron chi connectivity index (χ0n) is 14.5. The van der Waals surface area contributed by atoms with Crippen LogP contribution in [0, 0.1) is 0 Å². The first kappa shape index (κ1) is 17.3. The summed E-state index contributed by atoms with van der Waals surface area (Å²) in [5.41, 5.74) is 0.00502. The maximum atomic E-state index is 12.5. The molecule has 0 unspecified atom stereocenters. The van der Waals surface area contributed by atoms with Crippen molar-refractivity contribution in [1.29, 1.82) is 0 Å². The second-order valence-corrected chi connectivity index (χ2v) is 6.86. The van der Waals surface area contributed by atoms with Crippen molar-refractivity contribution in [2.24, 2.45) is 0 Å². The van der Waals surface area contributed by atoms with Crippen molar-refractivity contribution in [3.05, 3.63) is 30.1 Å². The molecular weight excluding hydrogens is 304 g/mol. The minimum Gasteiger partial charge on any atom is -0.385 e. The van der Waals surface area contributed by atoms with Crippen molar-refractivity contribution in [2.75, 3.05) is 52.4 Å². The second kappa shape index (κ2) is 7.59. The average Bonchev–Trinajstić information content (AvgIpc) is 2.63. The number of hydrogen-bond acceptors (Lipinski definition) is 5. The molecule has 0 atom stereocenters. The van der Waals surface area contributed by atoms with Crippen LogP contribution in [0.2, 0.25) is 0 Å². The molecule has 1 aromatic heterocycles. The minimum atomic E-state index is -0.849. The molecule has 0 bridgehead atoms. The molecule has 0 radical (unpaired) electrons. The Bertz CT molecular complexity index is 535. The van der Waals surface area contributed by atoms with E-state index in [1.54, 1.807) is 12.4 Å². The number of nitrogens with zero attached hydrogens (tertiary/aromatic N) is 4. The molecule has 24 heavy (non-hydrogen) atoms. The van der Waals surface area contributed by atoms with Crippen LogP contribution in [0.15, 0.2) is 24.5 Å². The van der Waals surface area contributed by atoms with Crippen LogP contribution in [0.5, 0.6) is 0 Å². The van der Waals surface area contributed by atoms with Gasteiger partial charge in [0.1, 0.15) is 0 Å². The summed E-state index contributed by atoms with van der Waals surface area (Å²) in [5.74, 6) is 0.188. The monoisotopic (exact) mass is 332 g/mol. The lowest BCUT2D eigenvalue weighted by Crippen LogP contribution is -2.52. The van der Waals surface area contributed by atoms with Crippen LogP contribution in [-0.4, -0.2) is 83.1 Å². The molecule has 132 valence electrons. The molecule has 6 heteroatoms. The standard InChI is InChI=1S/C18H28N4O2/c1-2-20-10-12-21(13-11-20)15-17(23)22-8-5-18(24,6-9-22)16-4-3-7-19-14-16/h3-4,7,14,24H,2,5-6,8-13,15H2,1H3. The molecular formula is C18H28N4O2. The van der Waals surface area contributed by atoms with Crippen molar-refractivity contribution in [3.8, 4) is 0 Å². The van der Waals surface area contributed by atoms with Gasteiger partial charge in [0.05, 0.1) is 12.1 Å². The molecule has 0 saturated carbocycles. The number of carbonyl (C=O) groups excluding carboxylic acids is 1. The first-order valence-electron chi connectivity index (χ1n) is 8.96. The topological polar surface area (TPSA) is 59.9 Å². The maximum Gasteiger partial charge on any atom is 0.236 e. The molecule has 0 spiro atoms. The van der Waals surface area contributed by atoms with E-state index in [2.05, 4.69) is 21.7 Å². The van der Waals surface area contributed by atoms with Gasteiger partial charge in [-0.15, -0.1) is 0 Å². The Morgan fingerprint density at radius 3 is 2.42 bits per heavy atom. The highest BCUT2D eigenvalue weighted by molar-refractivity contribution is 5.78. The van der Waals surface area contributed by atoms with Crippen LogP contribution < -0.4 is 0 Å². The van der Waals surface area contributed by atoms with Gasteiger partial charge in [0.25, 0.3) is 0 Å². The lowest BCUT2D eigenvalue weighted by Gasteiger charge is -2.40. The van der Waals surface area contributed by atoms with E-state index in [0.717, 1.165) is 38.3 Å². The molecule has 3 rings (SSSR count). The van der Waals surface area contributed by atoms with E-state index < -0.39 is 5.60 Å². The number of pyridine rings is 1. The summed E-state index contributed by atoms with van der Waals surface area (Å²) in [5, 5.41) is 10.8. The van der Waals surface area contributed by atoms with Gasteiger partial charge >= 0.3 is 0 Å². The highest BCUT2D eigenvalue weighted by Gasteiger charge is 2.35. The number of carbonyl (C=O) groups is 1. The minimum absolute atomic E-state index is 0.188. The lowest BCUT2D eigenvalue weighted by molar-refractivity contribution is -0.137. The highest BCUT2D eigenvalue weighted by atomic mass is 16.3. The SMILES string of the molecule is CCN1CCN(CC(=O)N2CCC(O)(c3cccnc3)CC2)CC1. The third-order valence-electron chi connectivity index (χ3n) is 5.41. The summed E-state index contributed by atoms with van der Waals surface area (Å²) in [7, 11) is 0. The van der Waals surface area contributed by atoms with Gasteiger partial charge in [0.15, 0.2) is 0 Å². The van der Waals surface area contributed by atoms with E-state index in [4.69, 9.17) is 0 Å². The Morgan fingerprint density at radius 1 is 1.17 bits per heavy atom. The second-order valence-electron chi connectivity index (χ2n) is 6.86. The molecule has 1 N–H and O–H groups in total. The van der Waals surface area contributed by atoms with Crippen molar-refractivity contribution >= 4 is 5.91 Å². The van der Waals surface area contributed by atoms with Crippen molar-refractivity contribution in [1.82, 2.24) is 19.7 Å². The predicted octanol–water partition coefficient (Wildman–Crippen LogP) is 0.529. The molecule has 2 saturated heterocycles. The number of piperazine rings is 1. The molecule has 2 fully saturated rings. The average molecular weight is 332 g/mol. The highest BCUT2D eigenvalue weighted by Crippen LogP contribution is 2.32. The zero-order chi connectivity index (χ0) is 17.0. The number of rotatable bonds is 4. The summed E-state index contributed by atoms with van der Waals surface area (Å²) in [6, 6.07) is 3.76. The lowest BCUT2D eigenvalue weighted by atomic mass is 9.85. The van der Waals surface area contributed by atoms with Gasteiger partial charge in [-0.25, -0.2) is 0 Å². The first-order chi connectivity index (χ1) is 11.6. The van der Waals surface area contributed by atoms with Gasteiger partial charge in [-0.2, -0.15) is 0 Å². The fourth-order valence-electron chi connectivity index (χ4n) is 3.61. The fraction of sp³-hybridized carbons (Fsp3) is 0.667. The predicted molar refractivity (Wildman–Crippen MR) is 92.5 cm³/mol. The van der Waals surface area contributed by atoms with Crippen LogP contribution >= 0.6 is 0 Å². The summed E-state index contributed by atoms with van der Waals surface area (Å²) < 4.78 is 0. The molecule has 1 amide bonds. The largest absolute Gasteiger partial charge is 0.385 e. The first-order valence-corrected chi connectivity index (χ1v) is 8.96. The van der Waals surface area contributed by atoms with Crippen molar-refractivity contribution < 1.29 is 9.90 Å². The van der Waals surface area contributed by atoms with E-state index in [-0.39, 0.29) is 5.91 Å². The smallest absolute Gasteiger partial charge is 0.236 e. The molecule has 3 heterocycles. The number of hydrogen-bond donors (Lipinski definition) is 1. The summed E-state index contributed by atoms with van der Waals surface area (Å²) >= 11 is 0. The van der Waals surface area contributed by atoms with E-state index in [1.165, 1.54) is 0 Å². The number of aliphatic hydroxyl groups is 1. The molecule has 1 aromatic rings. The summed E-state index contributed by atoms with van der Waals surface area (Å²) in [4.78, 5) is 23.2. The zero-order valence-corrected chi connectivity index (χ0v) is 14.5. The van der Waals surface area contributed by atoms with Gasteiger partial charge in [-0.1, -0.05) is 13.0 Å². The van der Waals surface area contributed by atoms with Gasteiger partial charge in [0.2, 0.25) is 5.91 Å². The number of likely N-dealkylation sites (N-methyl/N-ethyl adjacent to an activating group) is 1. The van der Waals surface area contributed by atoms with Crippen LogP contribution in [0.4, 0.5) is 0 Å². The third kappa shape index (κ3) is 3.94. The fourth-order valence-corrected chi connectivity index (χ4v) is 3.61. The number of amides is 1. The normalized spacial score (nSPS) is 22.5. The van der Waals surface area contributed by atoms with E-state index >= 15 is 0 Å². The Labute approximate surface area is 144 Å². The van der Waals surface area contributed by atoms with Gasteiger partial charge in [-0.3, -0.25) is 14.7 Å². The van der Waals surface area contributed by atoms with E-state index in [9.17, 15) is 9.90 Å². The number of piperidine rings is 1. The summed E-state index contributed by atoms with van der Waals surface area (Å²) in [6.45, 7) is 9.01.